The van der Waals surface area contributed by atoms with Gasteiger partial charge in [0.1, 0.15) is 0 Å². The predicted molar refractivity (Wildman–Crippen MR) is 113 cm³/mol. The summed E-state index contributed by atoms with van der Waals surface area (Å²) in [6.07, 6.45) is 0.825. The second-order valence-corrected chi connectivity index (χ2v) is 7.25. The molecule has 7 heteroatoms. The van der Waals surface area contributed by atoms with Crippen LogP contribution in [0.1, 0.15) is 17.5 Å². The van der Waals surface area contributed by atoms with Crippen molar-refractivity contribution < 1.29 is 19.1 Å². The zero-order valence-corrected chi connectivity index (χ0v) is 17.1. The number of carbonyl (C=O) groups is 2. The zero-order chi connectivity index (χ0) is 20.8. The van der Waals surface area contributed by atoms with Crippen molar-refractivity contribution in [1.82, 2.24) is 4.90 Å². The van der Waals surface area contributed by atoms with Crippen LogP contribution in [0.3, 0.4) is 0 Å². The van der Waals surface area contributed by atoms with Gasteiger partial charge in [-0.15, -0.1) is 0 Å². The number of nitrogens with zero attached hydrogens (tertiary/aromatic N) is 1. The average molecular weight is 397 g/mol. The van der Waals surface area contributed by atoms with E-state index in [9.17, 15) is 9.59 Å². The highest BCUT2D eigenvalue weighted by Crippen LogP contribution is 2.32. The molecule has 0 bridgehead atoms. The van der Waals surface area contributed by atoms with E-state index in [1.807, 2.05) is 32.0 Å². The quantitative estimate of drug-likeness (QED) is 0.783. The molecule has 0 aromatic heterocycles. The van der Waals surface area contributed by atoms with Crippen LogP contribution in [0.5, 0.6) is 11.5 Å². The van der Waals surface area contributed by atoms with Crippen molar-refractivity contribution in [3.05, 3.63) is 47.5 Å². The van der Waals surface area contributed by atoms with Crippen LogP contribution in [0.15, 0.2) is 36.4 Å². The summed E-state index contributed by atoms with van der Waals surface area (Å²) < 4.78 is 11.2. The number of nitrogens with one attached hydrogen (secondary N) is 2. The molecule has 154 valence electrons. The van der Waals surface area contributed by atoms with Crippen molar-refractivity contribution in [3.63, 3.8) is 0 Å². The maximum absolute atomic E-state index is 12.4. The molecule has 0 spiro atoms. The number of likely N-dealkylation sites (N-methyl/N-ethyl adjacent to an activating group) is 1. The van der Waals surface area contributed by atoms with E-state index in [-0.39, 0.29) is 24.9 Å². The Kier molecular flexibility index (Phi) is 6.72. The van der Waals surface area contributed by atoms with Crippen molar-refractivity contribution in [2.24, 2.45) is 0 Å². The largest absolute Gasteiger partial charge is 0.490 e. The van der Waals surface area contributed by atoms with Gasteiger partial charge < -0.3 is 20.1 Å². The first-order valence-corrected chi connectivity index (χ1v) is 9.66. The molecular formula is C22H27N3O4. The van der Waals surface area contributed by atoms with Crippen molar-refractivity contribution >= 4 is 23.2 Å². The molecule has 0 saturated carbocycles. The molecule has 1 aliphatic heterocycles. The lowest BCUT2D eigenvalue weighted by Gasteiger charge is -2.18. The maximum atomic E-state index is 12.4. The molecule has 3 rings (SSSR count). The lowest BCUT2D eigenvalue weighted by molar-refractivity contribution is -0.119. The smallest absolute Gasteiger partial charge is 0.238 e. The number of aryl methyl sites for hydroxylation is 2. The van der Waals surface area contributed by atoms with Crippen molar-refractivity contribution in [3.8, 4) is 11.5 Å². The summed E-state index contributed by atoms with van der Waals surface area (Å²) in [4.78, 5) is 26.4. The summed E-state index contributed by atoms with van der Waals surface area (Å²) in [5.74, 6) is 0.942. The van der Waals surface area contributed by atoms with E-state index in [0.29, 0.717) is 30.4 Å². The second kappa shape index (κ2) is 9.43. The van der Waals surface area contributed by atoms with Crippen LogP contribution in [0.25, 0.3) is 0 Å². The number of amides is 2. The maximum Gasteiger partial charge on any atom is 0.238 e. The molecule has 2 aromatic carbocycles. The van der Waals surface area contributed by atoms with Crippen LogP contribution in [-0.4, -0.2) is 50.1 Å². The Morgan fingerprint density at radius 1 is 0.931 bits per heavy atom. The van der Waals surface area contributed by atoms with Gasteiger partial charge in [-0.3, -0.25) is 14.5 Å². The van der Waals surface area contributed by atoms with Crippen LogP contribution < -0.4 is 20.1 Å². The standard InChI is InChI=1S/C22H27N3O4/c1-15-6-4-7-16(2)22(15)24-21(27)14-25(3)13-20(26)23-17-8-9-18-19(12-17)29-11-5-10-28-18/h4,6-9,12H,5,10-11,13-14H2,1-3H3,(H,23,26)(H,24,27). The first-order valence-electron chi connectivity index (χ1n) is 9.66. The minimum absolute atomic E-state index is 0.0919. The number of hydrogen-bond acceptors (Lipinski definition) is 5. The zero-order valence-electron chi connectivity index (χ0n) is 17.1. The highest BCUT2D eigenvalue weighted by molar-refractivity contribution is 5.95. The Morgan fingerprint density at radius 3 is 2.24 bits per heavy atom. The third kappa shape index (κ3) is 5.71. The molecule has 29 heavy (non-hydrogen) atoms. The number of rotatable bonds is 6. The molecule has 2 aromatic rings. The molecule has 7 nitrogen and oxygen atoms in total. The predicted octanol–water partition coefficient (Wildman–Crippen LogP) is 2.97. The molecule has 0 saturated heterocycles. The normalized spacial score (nSPS) is 13.0. The van der Waals surface area contributed by atoms with Crippen LogP contribution in [0, 0.1) is 13.8 Å². The number of fused-ring (bicyclic) bond motifs is 1. The van der Waals surface area contributed by atoms with Gasteiger partial charge in [-0.2, -0.15) is 0 Å². The second-order valence-electron chi connectivity index (χ2n) is 7.25. The average Bonchev–Trinajstić information content (AvgIpc) is 2.89. The van der Waals surface area contributed by atoms with Gasteiger partial charge in [-0.05, 0) is 44.2 Å². The summed E-state index contributed by atoms with van der Waals surface area (Å²) in [5, 5.41) is 5.77. The molecule has 0 fully saturated rings. The fourth-order valence-electron chi connectivity index (χ4n) is 3.18. The summed E-state index contributed by atoms with van der Waals surface area (Å²) in [6, 6.07) is 11.2. The van der Waals surface area contributed by atoms with Gasteiger partial charge in [0.05, 0.1) is 26.3 Å². The molecule has 0 atom stereocenters. The summed E-state index contributed by atoms with van der Waals surface area (Å²) in [5.41, 5.74) is 3.47. The van der Waals surface area contributed by atoms with Crippen LogP contribution in [0.2, 0.25) is 0 Å². The van der Waals surface area contributed by atoms with E-state index >= 15 is 0 Å². The SMILES string of the molecule is Cc1cccc(C)c1NC(=O)CN(C)CC(=O)Nc1ccc2c(c1)OCCCO2. The summed E-state index contributed by atoms with van der Waals surface area (Å²) >= 11 is 0. The summed E-state index contributed by atoms with van der Waals surface area (Å²) in [7, 11) is 1.73. The van der Waals surface area contributed by atoms with E-state index in [2.05, 4.69) is 10.6 Å². The van der Waals surface area contributed by atoms with Crippen LogP contribution in [-0.2, 0) is 9.59 Å². The Labute approximate surface area is 171 Å². The van der Waals surface area contributed by atoms with Crippen LogP contribution in [0.4, 0.5) is 11.4 Å². The fraction of sp³-hybridized carbons (Fsp3) is 0.364. The van der Waals surface area contributed by atoms with Crippen molar-refractivity contribution in [1.29, 1.82) is 0 Å². The minimum Gasteiger partial charge on any atom is -0.490 e. The number of anilines is 2. The lowest BCUT2D eigenvalue weighted by atomic mass is 10.1. The number of benzene rings is 2. The monoisotopic (exact) mass is 397 g/mol. The third-order valence-corrected chi connectivity index (χ3v) is 4.60. The van der Waals surface area contributed by atoms with Crippen molar-refractivity contribution in [2.75, 3.05) is 44.0 Å². The van der Waals surface area contributed by atoms with Gasteiger partial charge in [-0.25, -0.2) is 0 Å². The molecule has 0 unspecified atom stereocenters. The van der Waals surface area contributed by atoms with Gasteiger partial charge in [0, 0.05) is 23.9 Å². The highest BCUT2D eigenvalue weighted by atomic mass is 16.5. The van der Waals surface area contributed by atoms with Gasteiger partial charge in [0.25, 0.3) is 0 Å². The topological polar surface area (TPSA) is 79.9 Å². The van der Waals surface area contributed by atoms with Crippen molar-refractivity contribution in [2.45, 2.75) is 20.3 Å². The Morgan fingerprint density at radius 2 is 1.55 bits per heavy atom. The Hall–Kier alpha value is -3.06. The first-order chi connectivity index (χ1) is 13.9. The number of carbonyl (C=O) groups excluding carboxylic acids is 2. The van der Waals surface area contributed by atoms with E-state index in [4.69, 9.17) is 9.47 Å². The first kappa shape index (κ1) is 20.7. The van der Waals surface area contributed by atoms with E-state index in [1.165, 1.54) is 0 Å². The van der Waals surface area contributed by atoms with Crippen LogP contribution >= 0.6 is 0 Å². The number of hydrogen-bond donors (Lipinski definition) is 2. The molecule has 0 aliphatic carbocycles. The minimum atomic E-state index is -0.207. The van der Waals surface area contributed by atoms with Gasteiger partial charge >= 0.3 is 0 Å². The molecule has 2 N–H and O–H groups in total. The molecule has 1 heterocycles. The number of ether oxygens (including phenoxy) is 2. The van der Waals surface area contributed by atoms with Gasteiger partial charge in [0.2, 0.25) is 11.8 Å². The van der Waals surface area contributed by atoms with E-state index in [1.54, 1.807) is 30.1 Å². The third-order valence-electron chi connectivity index (χ3n) is 4.60. The van der Waals surface area contributed by atoms with Gasteiger partial charge in [0.15, 0.2) is 11.5 Å². The lowest BCUT2D eigenvalue weighted by Crippen LogP contribution is -2.36. The molecule has 2 amide bonds. The van der Waals surface area contributed by atoms with E-state index in [0.717, 1.165) is 23.2 Å². The Balaban J connectivity index is 1.51. The fourth-order valence-corrected chi connectivity index (χ4v) is 3.18. The Bertz CT molecular complexity index is 877. The molecule has 1 aliphatic rings. The summed E-state index contributed by atoms with van der Waals surface area (Å²) in [6.45, 7) is 5.32. The van der Waals surface area contributed by atoms with Gasteiger partial charge in [-0.1, -0.05) is 18.2 Å². The van der Waals surface area contributed by atoms with E-state index < -0.39 is 0 Å². The highest BCUT2D eigenvalue weighted by Gasteiger charge is 2.15. The molecule has 0 radical (unpaired) electrons. The number of para-hydroxylation sites is 1. The molecular weight excluding hydrogens is 370 g/mol.